The maximum absolute atomic E-state index is 13.9. The van der Waals surface area contributed by atoms with Crippen LogP contribution in [0.15, 0.2) is 24.3 Å². The summed E-state index contributed by atoms with van der Waals surface area (Å²) in [5.74, 6) is -4.95. The standard InChI is InChI=1S/C20H22FN3O7/c1-23(2)14-9-15(25)24(18(14)28)20(11-30-16(26)7-8-17(27)31-20)19(29)22-10-12-5-3-4-6-13(12)21/h3-6,14H,7-11H2,1-2H3,(H,22,29)/t14-,20-/m0/s1. The van der Waals surface area contributed by atoms with Crippen molar-refractivity contribution in [2.45, 2.75) is 37.6 Å². The summed E-state index contributed by atoms with van der Waals surface area (Å²) in [6.45, 7) is -1.18. The van der Waals surface area contributed by atoms with Crippen LogP contribution in [0.2, 0.25) is 0 Å². The first kappa shape index (κ1) is 22.3. The molecular weight excluding hydrogens is 413 g/mol. The number of halogens is 1. The van der Waals surface area contributed by atoms with Crippen LogP contribution in [0.4, 0.5) is 4.39 Å². The molecule has 0 bridgehead atoms. The number of ether oxygens (including phenoxy) is 2. The Kier molecular flexibility index (Phi) is 6.34. The number of amides is 3. The monoisotopic (exact) mass is 435 g/mol. The minimum Gasteiger partial charge on any atom is -0.459 e. The van der Waals surface area contributed by atoms with E-state index in [-0.39, 0.29) is 24.9 Å². The first-order valence-corrected chi connectivity index (χ1v) is 9.58. The number of esters is 2. The number of carbonyl (C=O) groups excluding carboxylic acids is 5. The van der Waals surface area contributed by atoms with Crippen LogP contribution < -0.4 is 5.32 Å². The number of imide groups is 1. The number of rotatable bonds is 5. The van der Waals surface area contributed by atoms with Crippen molar-refractivity contribution < 1.29 is 37.8 Å². The maximum Gasteiger partial charge on any atom is 0.309 e. The predicted octanol–water partition coefficient (Wildman–Crippen LogP) is -0.292. The van der Waals surface area contributed by atoms with Crippen LogP contribution in [-0.4, -0.2) is 71.9 Å². The molecule has 1 N–H and O–H groups in total. The van der Waals surface area contributed by atoms with Gasteiger partial charge in [0.1, 0.15) is 5.82 Å². The Hall–Kier alpha value is -3.34. The summed E-state index contributed by atoms with van der Waals surface area (Å²) in [5, 5.41) is 2.39. The summed E-state index contributed by atoms with van der Waals surface area (Å²) < 4.78 is 24.3. The Bertz CT molecular complexity index is 935. The van der Waals surface area contributed by atoms with Gasteiger partial charge in [-0.2, -0.15) is 0 Å². The molecule has 2 atom stereocenters. The molecule has 166 valence electrons. The second kappa shape index (κ2) is 8.80. The molecule has 3 rings (SSSR count). The molecule has 10 nitrogen and oxygen atoms in total. The van der Waals surface area contributed by atoms with Crippen LogP contribution in [0.25, 0.3) is 0 Å². The first-order valence-electron chi connectivity index (χ1n) is 9.58. The minimum atomic E-state index is -2.53. The Morgan fingerprint density at radius 2 is 1.87 bits per heavy atom. The zero-order chi connectivity index (χ0) is 22.8. The van der Waals surface area contributed by atoms with Crippen LogP contribution in [0, 0.1) is 5.82 Å². The number of nitrogens with one attached hydrogen (secondary N) is 1. The SMILES string of the molecule is CN(C)[C@H]1CC(=O)N([C@@]2(C(=O)NCc3ccccc3F)COC(=O)CCC(=O)O2)C1=O. The first-order chi connectivity index (χ1) is 14.7. The number of carbonyl (C=O) groups is 5. The van der Waals surface area contributed by atoms with Crippen LogP contribution >= 0.6 is 0 Å². The highest BCUT2D eigenvalue weighted by molar-refractivity contribution is 6.10. The van der Waals surface area contributed by atoms with Gasteiger partial charge in [-0.25, -0.2) is 9.29 Å². The summed E-state index contributed by atoms with van der Waals surface area (Å²) >= 11 is 0. The van der Waals surface area contributed by atoms with Crippen molar-refractivity contribution in [1.82, 2.24) is 15.1 Å². The smallest absolute Gasteiger partial charge is 0.309 e. The molecule has 2 saturated heterocycles. The molecule has 11 heteroatoms. The Morgan fingerprint density at radius 3 is 2.52 bits per heavy atom. The van der Waals surface area contributed by atoms with Gasteiger partial charge in [-0.15, -0.1) is 0 Å². The molecular formula is C20H22FN3O7. The van der Waals surface area contributed by atoms with Crippen molar-refractivity contribution in [3.8, 4) is 0 Å². The number of benzene rings is 1. The predicted molar refractivity (Wildman–Crippen MR) is 101 cm³/mol. The Balaban J connectivity index is 1.97. The largest absolute Gasteiger partial charge is 0.459 e. The molecule has 2 aliphatic heterocycles. The highest BCUT2D eigenvalue weighted by Crippen LogP contribution is 2.30. The molecule has 2 fully saturated rings. The van der Waals surface area contributed by atoms with Gasteiger partial charge >= 0.3 is 17.7 Å². The van der Waals surface area contributed by atoms with E-state index in [1.807, 2.05) is 0 Å². The van der Waals surface area contributed by atoms with Gasteiger partial charge in [-0.05, 0) is 20.2 Å². The van der Waals surface area contributed by atoms with Gasteiger partial charge in [0, 0.05) is 12.1 Å². The fourth-order valence-corrected chi connectivity index (χ4v) is 3.40. The fourth-order valence-electron chi connectivity index (χ4n) is 3.40. The molecule has 0 aliphatic carbocycles. The van der Waals surface area contributed by atoms with Crippen molar-refractivity contribution in [3.63, 3.8) is 0 Å². The third-order valence-electron chi connectivity index (χ3n) is 5.10. The van der Waals surface area contributed by atoms with Gasteiger partial charge in [-0.1, -0.05) is 18.2 Å². The number of hydrogen-bond donors (Lipinski definition) is 1. The molecule has 0 spiro atoms. The average molecular weight is 435 g/mol. The number of likely N-dealkylation sites (N-methyl/N-ethyl adjacent to an activating group) is 1. The maximum atomic E-state index is 13.9. The highest BCUT2D eigenvalue weighted by atomic mass is 19.1. The molecule has 2 heterocycles. The molecule has 31 heavy (non-hydrogen) atoms. The number of hydrogen-bond acceptors (Lipinski definition) is 8. The average Bonchev–Trinajstić information content (AvgIpc) is 3.02. The van der Waals surface area contributed by atoms with E-state index in [9.17, 15) is 28.4 Å². The number of nitrogens with zero attached hydrogens (tertiary/aromatic N) is 2. The van der Waals surface area contributed by atoms with E-state index in [0.29, 0.717) is 4.90 Å². The van der Waals surface area contributed by atoms with Crippen LogP contribution in [-0.2, 0) is 40.0 Å². The molecule has 0 unspecified atom stereocenters. The lowest BCUT2D eigenvalue weighted by Crippen LogP contribution is -2.66. The van der Waals surface area contributed by atoms with E-state index in [2.05, 4.69) is 5.32 Å². The zero-order valence-electron chi connectivity index (χ0n) is 17.1. The van der Waals surface area contributed by atoms with E-state index >= 15 is 0 Å². The van der Waals surface area contributed by atoms with Gasteiger partial charge in [-0.3, -0.25) is 28.9 Å². The van der Waals surface area contributed by atoms with E-state index < -0.39 is 60.3 Å². The lowest BCUT2D eigenvalue weighted by atomic mass is 10.1. The molecule has 1 aromatic carbocycles. The van der Waals surface area contributed by atoms with Crippen LogP contribution in [0.3, 0.4) is 0 Å². The van der Waals surface area contributed by atoms with Gasteiger partial charge in [0.05, 0.1) is 25.3 Å². The van der Waals surface area contributed by atoms with E-state index in [0.717, 1.165) is 0 Å². The molecule has 3 amide bonds. The van der Waals surface area contributed by atoms with Crippen LogP contribution in [0.1, 0.15) is 24.8 Å². The summed E-state index contributed by atoms with van der Waals surface area (Å²) in [6.07, 6.45) is -0.915. The zero-order valence-corrected chi connectivity index (χ0v) is 17.1. The van der Waals surface area contributed by atoms with Gasteiger partial charge in [0.2, 0.25) is 5.91 Å². The Morgan fingerprint density at radius 1 is 1.19 bits per heavy atom. The van der Waals surface area contributed by atoms with Crippen molar-refractivity contribution in [2.24, 2.45) is 0 Å². The van der Waals surface area contributed by atoms with E-state index in [4.69, 9.17) is 9.47 Å². The second-order valence-corrected chi connectivity index (χ2v) is 7.44. The number of likely N-dealkylation sites (tertiary alicyclic amines) is 1. The summed E-state index contributed by atoms with van der Waals surface area (Å²) in [7, 11) is 3.16. The fraction of sp³-hybridized carbons (Fsp3) is 0.450. The third-order valence-corrected chi connectivity index (χ3v) is 5.10. The van der Waals surface area contributed by atoms with E-state index in [1.54, 1.807) is 20.2 Å². The molecule has 0 saturated carbocycles. The van der Waals surface area contributed by atoms with Crippen molar-refractivity contribution in [1.29, 1.82) is 0 Å². The molecule has 2 aliphatic rings. The lowest BCUT2D eigenvalue weighted by Gasteiger charge is -2.38. The van der Waals surface area contributed by atoms with Crippen molar-refractivity contribution in [2.75, 3.05) is 20.7 Å². The molecule has 0 aromatic heterocycles. The van der Waals surface area contributed by atoms with E-state index in [1.165, 1.54) is 23.1 Å². The van der Waals surface area contributed by atoms with Gasteiger partial charge < -0.3 is 14.8 Å². The second-order valence-electron chi connectivity index (χ2n) is 7.44. The molecule has 0 radical (unpaired) electrons. The van der Waals surface area contributed by atoms with Crippen molar-refractivity contribution in [3.05, 3.63) is 35.6 Å². The third kappa shape index (κ3) is 4.41. The summed E-state index contributed by atoms with van der Waals surface area (Å²) in [5.41, 5.74) is -2.40. The summed E-state index contributed by atoms with van der Waals surface area (Å²) in [6, 6.07) is 4.78. The van der Waals surface area contributed by atoms with Crippen molar-refractivity contribution >= 4 is 29.7 Å². The topological polar surface area (TPSA) is 122 Å². The Labute approximate surface area is 177 Å². The minimum absolute atomic E-state index is 0.130. The highest BCUT2D eigenvalue weighted by Gasteiger charge is 2.59. The quantitative estimate of drug-likeness (QED) is 0.495. The van der Waals surface area contributed by atoms with Gasteiger partial charge in [0.15, 0.2) is 6.61 Å². The number of cyclic esters (lactones) is 2. The normalized spacial score (nSPS) is 24.5. The lowest BCUT2D eigenvalue weighted by molar-refractivity contribution is -0.210. The van der Waals surface area contributed by atoms with Gasteiger partial charge in [0.25, 0.3) is 11.8 Å². The summed E-state index contributed by atoms with van der Waals surface area (Å²) in [4.78, 5) is 65.1. The molecule has 1 aromatic rings. The van der Waals surface area contributed by atoms with Crippen LogP contribution in [0.5, 0.6) is 0 Å².